The van der Waals surface area contributed by atoms with E-state index < -0.39 is 0 Å². The van der Waals surface area contributed by atoms with E-state index in [1.54, 1.807) is 21.6 Å². The Labute approximate surface area is 174 Å². The zero-order valence-corrected chi connectivity index (χ0v) is 17.0. The number of hydrogen-bond donors (Lipinski definition) is 1. The molecule has 6 nitrogen and oxygen atoms in total. The summed E-state index contributed by atoms with van der Waals surface area (Å²) in [6.07, 6.45) is 1.71. The third-order valence-electron chi connectivity index (χ3n) is 4.83. The summed E-state index contributed by atoms with van der Waals surface area (Å²) in [5.41, 5.74) is 2.85. The maximum atomic E-state index is 13.8. The van der Waals surface area contributed by atoms with Crippen LogP contribution in [0.1, 0.15) is 25.1 Å². The molecule has 0 atom stereocenters. The number of halogens is 1. The molecule has 154 valence electrons. The van der Waals surface area contributed by atoms with Crippen molar-refractivity contribution in [3.05, 3.63) is 88.2 Å². The molecule has 0 amide bonds. The number of nitrogens with one attached hydrogen (secondary N) is 1. The molecular formula is C23H24FN5O. The standard InChI is InChI=1S/C23H24FN5O/c1-16(2)15-28-22-11-19(24)9-8-17(22)10-18(23(28)30)12-25-13-20-14-26-29(27-20)21-6-4-3-5-7-21/h3-11,14,16,25H,12-13,15H2,1-2H3. The van der Waals surface area contributed by atoms with E-state index in [9.17, 15) is 9.18 Å². The lowest BCUT2D eigenvalue weighted by molar-refractivity contribution is 0.518. The fraction of sp³-hybridized carbons (Fsp3) is 0.261. The largest absolute Gasteiger partial charge is 0.308 e. The van der Waals surface area contributed by atoms with Gasteiger partial charge in [-0.2, -0.15) is 15.0 Å². The first-order valence-electron chi connectivity index (χ1n) is 10.0. The van der Waals surface area contributed by atoms with Crippen molar-refractivity contribution in [2.75, 3.05) is 0 Å². The summed E-state index contributed by atoms with van der Waals surface area (Å²) in [5.74, 6) is -0.0721. The van der Waals surface area contributed by atoms with E-state index in [2.05, 4.69) is 15.5 Å². The zero-order chi connectivity index (χ0) is 21.1. The Morgan fingerprint density at radius 1 is 1.07 bits per heavy atom. The second-order valence-electron chi connectivity index (χ2n) is 7.75. The van der Waals surface area contributed by atoms with Gasteiger partial charge in [0.05, 0.1) is 23.1 Å². The van der Waals surface area contributed by atoms with E-state index in [-0.39, 0.29) is 17.3 Å². The Bertz CT molecular complexity index is 1210. The smallest absolute Gasteiger partial charge is 0.255 e. The molecule has 0 saturated carbocycles. The van der Waals surface area contributed by atoms with Gasteiger partial charge in [-0.15, -0.1) is 0 Å². The van der Waals surface area contributed by atoms with Gasteiger partial charge in [0.15, 0.2) is 0 Å². The molecule has 0 saturated heterocycles. The van der Waals surface area contributed by atoms with Gasteiger partial charge in [-0.25, -0.2) is 4.39 Å². The summed E-state index contributed by atoms with van der Waals surface area (Å²) >= 11 is 0. The zero-order valence-electron chi connectivity index (χ0n) is 17.0. The minimum atomic E-state index is -0.341. The van der Waals surface area contributed by atoms with Gasteiger partial charge in [0.2, 0.25) is 0 Å². The third kappa shape index (κ3) is 4.31. The molecule has 0 aliphatic heterocycles. The highest BCUT2D eigenvalue weighted by Gasteiger charge is 2.12. The first-order chi connectivity index (χ1) is 14.5. The minimum absolute atomic E-state index is 0.0951. The molecule has 2 heterocycles. The van der Waals surface area contributed by atoms with E-state index in [1.807, 2.05) is 50.2 Å². The summed E-state index contributed by atoms with van der Waals surface area (Å²) in [6, 6.07) is 16.1. The maximum absolute atomic E-state index is 13.8. The van der Waals surface area contributed by atoms with Crippen LogP contribution in [0.4, 0.5) is 4.39 Å². The molecule has 4 aromatic rings. The molecular weight excluding hydrogens is 381 g/mol. The van der Waals surface area contributed by atoms with Crippen LogP contribution in [0.2, 0.25) is 0 Å². The minimum Gasteiger partial charge on any atom is -0.308 e. The summed E-state index contributed by atoms with van der Waals surface area (Å²) in [7, 11) is 0. The molecule has 0 aliphatic rings. The van der Waals surface area contributed by atoms with Crippen molar-refractivity contribution >= 4 is 10.9 Å². The molecule has 1 N–H and O–H groups in total. The van der Waals surface area contributed by atoms with Gasteiger partial charge in [0.1, 0.15) is 5.82 Å². The fourth-order valence-electron chi connectivity index (χ4n) is 3.46. The third-order valence-corrected chi connectivity index (χ3v) is 4.83. The van der Waals surface area contributed by atoms with E-state index in [1.165, 1.54) is 12.1 Å². The molecule has 7 heteroatoms. The molecule has 0 spiro atoms. The molecule has 0 unspecified atom stereocenters. The maximum Gasteiger partial charge on any atom is 0.255 e. The van der Waals surface area contributed by atoms with Gasteiger partial charge < -0.3 is 9.88 Å². The molecule has 4 rings (SSSR count). The number of fused-ring (bicyclic) bond motifs is 1. The number of aromatic nitrogens is 4. The summed E-state index contributed by atoms with van der Waals surface area (Å²) < 4.78 is 15.4. The predicted molar refractivity (Wildman–Crippen MR) is 115 cm³/mol. The Balaban J connectivity index is 1.53. The van der Waals surface area contributed by atoms with Crippen LogP contribution in [0.25, 0.3) is 16.6 Å². The molecule has 2 aromatic heterocycles. The van der Waals surface area contributed by atoms with Crippen LogP contribution in [0.5, 0.6) is 0 Å². The van der Waals surface area contributed by atoms with Gasteiger partial charge in [-0.3, -0.25) is 4.79 Å². The first kappa shape index (κ1) is 20.0. The molecule has 30 heavy (non-hydrogen) atoms. The fourth-order valence-corrected chi connectivity index (χ4v) is 3.46. The number of nitrogens with zero attached hydrogens (tertiary/aromatic N) is 4. The summed E-state index contributed by atoms with van der Waals surface area (Å²) in [5, 5.41) is 12.9. The van der Waals surface area contributed by atoms with Gasteiger partial charge >= 0.3 is 0 Å². The van der Waals surface area contributed by atoms with E-state index in [0.29, 0.717) is 30.7 Å². The average molecular weight is 405 g/mol. The highest BCUT2D eigenvalue weighted by Crippen LogP contribution is 2.17. The SMILES string of the molecule is CC(C)Cn1c(=O)c(CNCc2cnn(-c3ccccc3)n2)cc2ccc(F)cc21. The van der Waals surface area contributed by atoms with Gasteiger partial charge in [-0.1, -0.05) is 32.0 Å². The first-order valence-corrected chi connectivity index (χ1v) is 10.0. The van der Waals surface area contributed by atoms with Gasteiger partial charge in [-0.05, 0) is 47.7 Å². The van der Waals surface area contributed by atoms with Crippen LogP contribution in [0.3, 0.4) is 0 Å². The lowest BCUT2D eigenvalue weighted by Gasteiger charge is -2.15. The van der Waals surface area contributed by atoms with Crippen molar-refractivity contribution in [2.24, 2.45) is 5.92 Å². The van der Waals surface area contributed by atoms with Crippen molar-refractivity contribution < 1.29 is 4.39 Å². The van der Waals surface area contributed by atoms with Crippen molar-refractivity contribution in [3.8, 4) is 5.69 Å². The van der Waals surface area contributed by atoms with Crippen LogP contribution in [0, 0.1) is 11.7 Å². The van der Waals surface area contributed by atoms with Crippen LogP contribution in [-0.4, -0.2) is 19.6 Å². The highest BCUT2D eigenvalue weighted by atomic mass is 19.1. The van der Waals surface area contributed by atoms with Crippen molar-refractivity contribution in [1.82, 2.24) is 24.9 Å². The second kappa shape index (κ2) is 8.59. The lowest BCUT2D eigenvalue weighted by Crippen LogP contribution is -2.29. The normalized spacial score (nSPS) is 11.5. The van der Waals surface area contributed by atoms with Crippen molar-refractivity contribution in [2.45, 2.75) is 33.5 Å². The molecule has 0 aliphatic carbocycles. The Morgan fingerprint density at radius 2 is 1.87 bits per heavy atom. The quantitative estimate of drug-likeness (QED) is 0.510. The van der Waals surface area contributed by atoms with Gasteiger partial charge in [0, 0.05) is 25.2 Å². The lowest BCUT2D eigenvalue weighted by atomic mass is 10.1. The summed E-state index contributed by atoms with van der Waals surface area (Å²) in [4.78, 5) is 14.6. The molecule has 0 bridgehead atoms. The number of hydrogen-bond acceptors (Lipinski definition) is 4. The Kier molecular flexibility index (Phi) is 5.72. The Morgan fingerprint density at radius 3 is 2.63 bits per heavy atom. The highest BCUT2D eigenvalue weighted by molar-refractivity contribution is 5.79. The van der Waals surface area contributed by atoms with Gasteiger partial charge in [0.25, 0.3) is 5.56 Å². The topological polar surface area (TPSA) is 64.7 Å². The van der Waals surface area contributed by atoms with Crippen molar-refractivity contribution in [1.29, 1.82) is 0 Å². The van der Waals surface area contributed by atoms with E-state index in [0.717, 1.165) is 16.8 Å². The molecule has 0 radical (unpaired) electrons. The number of benzene rings is 2. The molecule has 0 fully saturated rings. The van der Waals surface area contributed by atoms with E-state index >= 15 is 0 Å². The predicted octanol–water partition coefficient (Wildman–Crippen LogP) is 3.67. The number of rotatable bonds is 7. The van der Waals surface area contributed by atoms with Crippen LogP contribution in [0.15, 0.2) is 65.6 Å². The number of para-hydroxylation sites is 1. The second-order valence-corrected chi connectivity index (χ2v) is 7.75. The Hall–Kier alpha value is -3.32. The molecule has 2 aromatic carbocycles. The monoisotopic (exact) mass is 405 g/mol. The summed E-state index contributed by atoms with van der Waals surface area (Å²) in [6.45, 7) is 5.50. The van der Waals surface area contributed by atoms with Crippen molar-refractivity contribution in [3.63, 3.8) is 0 Å². The van der Waals surface area contributed by atoms with Crippen LogP contribution in [-0.2, 0) is 19.6 Å². The van der Waals surface area contributed by atoms with E-state index in [4.69, 9.17) is 0 Å². The van der Waals surface area contributed by atoms with Crippen LogP contribution >= 0.6 is 0 Å². The number of pyridine rings is 1. The van der Waals surface area contributed by atoms with Crippen LogP contribution < -0.4 is 10.9 Å². The average Bonchev–Trinajstić information content (AvgIpc) is 3.21.